The summed E-state index contributed by atoms with van der Waals surface area (Å²) in [4.78, 5) is 23.9. The molecule has 8 nitrogen and oxygen atoms in total. The lowest BCUT2D eigenvalue weighted by Crippen LogP contribution is -2.44. The molecule has 1 heterocycles. The Kier molecular flexibility index (Phi) is 7.60. The molecule has 0 bridgehead atoms. The Labute approximate surface area is 183 Å². The molecular formula is C21H22FN5O3S. The van der Waals surface area contributed by atoms with Crippen molar-refractivity contribution in [3.63, 3.8) is 0 Å². The van der Waals surface area contributed by atoms with E-state index < -0.39 is 17.6 Å². The first-order valence-electron chi connectivity index (χ1n) is 9.55. The summed E-state index contributed by atoms with van der Waals surface area (Å²) < 4.78 is 20.0. The molecular weight excluding hydrogens is 421 g/mol. The number of hydrogen-bond donors (Lipinski definition) is 2. The molecule has 0 spiro atoms. The van der Waals surface area contributed by atoms with E-state index in [0.29, 0.717) is 17.5 Å². The second-order valence-corrected chi connectivity index (χ2v) is 7.49. The number of nitrogens with one attached hydrogen (secondary N) is 2. The first-order chi connectivity index (χ1) is 15.0. The molecule has 0 atom stereocenters. The number of thioether (sulfide) groups is 1. The Morgan fingerprint density at radius 1 is 1.10 bits per heavy atom. The number of nitrogens with zero attached hydrogens (tertiary/aromatic N) is 3. The molecule has 31 heavy (non-hydrogen) atoms. The maximum absolute atomic E-state index is 12.8. The molecule has 3 rings (SSSR count). The van der Waals surface area contributed by atoms with E-state index in [1.807, 2.05) is 42.7 Å². The quantitative estimate of drug-likeness (QED) is 0.410. The van der Waals surface area contributed by atoms with Crippen molar-refractivity contribution in [2.45, 2.75) is 25.5 Å². The predicted octanol–water partition coefficient (Wildman–Crippen LogP) is 2.73. The van der Waals surface area contributed by atoms with Gasteiger partial charge in [-0.2, -0.15) is 0 Å². The van der Waals surface area contributed by atoms with Gasteiger partial charge >= 0.3 is 0 Å². The van der Waals surface area contributed by atoms with Crippen molar-refractivity contribution in [1.29, 1.82) is 0 Å². The minimum atomic E-state index is -0.541. The van der Waals surface area contributed by atoms with Gasteiger partial charge in [-0.25, -0.2) is 4.39 Å². The molecule has 0 aliphatic heterocycles. The molecule has 2 amide bonds. The van der Waals surface area contributed by atoms with Crippen LogP contribution in [0.1, 0.15) is 12.5 Å². The second-order valence-electron chi connectivity index (χ2n) is 6.55. The molecule has 162 valence electrons. The van der Waals surface area contributed by atoms with Crippen molar-refractivity contribution >= 4 is 23.6 Å². The van der Waals surface area contributed by atoms with E-state index in [2.05, 4.69) is 21.0 Å². The van der Waals surface area contributed by atoms with Crippen LogP contribution in [0.2, 0.25) is 0 Å². The summed E-state index contributed by atoms with van der Waals surface area (Å²) >= 11 is 1.22. The highest BCUT2D eigenvalue weighted by Crippen LogP contribution is 2.24. The Morgan fingerprint density at radius 2 is 1.84 bits per heavy atom. The molecule has 0 saturated carbocycles. The van der Waals surface area contributed by atoms with E-state index in [1.54, 1.807) is 0 Å². The zero-order valence-corrected chi connectivity index (χ0v) is 17.9. The van der Waals surface area contributed by atoms with Crippen molar-refractivity contribution in [1.82, 2.24) is 25.6 Å². The molecule has 0 unspecified atom stereocenters. The Balaban J connectivity index is 1.47. The molecule has 3 aromatic rings. The zero-order chi connectivity index (χ0) is 22.2. The summed E-state index contributed by atoms with van der Waals surface area (Å²) in [7, 11) is 0. The normalized spacial score (nSPS) is 10.5. The largest absolute Gasteiger partial charge is 0.484 e. The summed E-state index contributed by atoms with van der Waals surface area (Å²) in [6.07, 6.45) is 0. The highest BCUT2D eigenvalue weighted by Gasteiger charge is 2.15. The number of aromatic nitrogens is 3. The number of aryl methyl sites for hydroxylation is 1. The van der Waals surface area contributed by atoms with Crippen LogP contribution in [0, 0.1) is 12.7 Å². The second kappa shape index (κ2) is 10.6. The van der Waals surface area contributed by atoms with Crippen LogP contribution in [0.3, 0.4) is 0 Å². The number of hydrogen-bond acceptors (Lipinski definition) is 6. The van der Waals surface area contributed by atoms with Gasteiger partial charge in [-0.15, -0.1) is 10.2 Å². The van der Waals surface area contributed by atoms with E-state index in [-0.39, 0.29) is 12.4 Å². The van der Waals surface area contributed by atoms with Crippen molar-refractivity contribution in [3.05, 3.63) is 59.9 Å². The van der Waals surface area contributed by atoms with E-state index in [4.69, 9.17) is 4.74 Å². The smallest absolute Gasteiger partial charge is 0.276 e. The molecule has 1 aromatic heterocycles. The lowest BCUT2D eigenvalue weighted by Gasteiger charge is -2.09. The van der Waals surface area contributed by atoms with Crippen LogP contribution in [-0.4, -0.2) is 38.9 Å². The third-order valence-corrected chi connectivity index (χ3v) is 5.13. The van der Waals surface area contributed by atoms with Gasteiger partial charge in [-0.3, -0.25) is 20.4 Å². The van der Waals surface area contributed by atoms with Gasteiger partial charge in [0.25, 0.3) is 5.91 Å². The van der Waals surface area contributed by atoms with E-state index >= 15 is 0 Å². The van der Waals surface area contributed by atoms with Crippen LogP contribution >= 0.6 is 11.8 Å². The third kappa shape index (κ3) is 6.29. The van der Waals surface area contributed by atoms with Crippen LogP contribution in [0.4, 0.5) is 4.39 Å². The summed E-state index contributed by atoms with van der Waals surface area (Å²) in [6, 6.07) is 13.2. The fourth-order valence-electron chi connectivity index (χ4n) is 2.70. The summed E-state index contributed by atoms with van der Waals surface area (Å²) in [6.45, 7) is 4.32. The van der Waals surface area contributed by atoms with Gasteiger partial charge < -0.3 is 9.30 Å². The van der Waals surface area contributed by atoms with Crippen LogP contribution in [0.5, 0.6) is 5.75 Å². The number of rotatable bonds is 8. The van der Waals surface area contributed by atoms with E-state index in [1.165, 1.54) is 36.0 Å². The average Bonchev–Trinajstić information content (AvgIpc) is 3.19. The molecule has 0 fully saturated rings. The minimum Gasteiger partial charge on any atom is -0.484 e. The van der Waals surface area contributed by atoms with E-state index in [0.717, 1.165) is 17.0 Å². The third-order valence-electron chi connectivity index (χ3n) is 4.17. The van der Waals surface area contributed by atoms with Crippen molar-refractivity contribution in [2.24, 2.45) is 0 Å². The standard InChI is InChI=1S/C21H22FN5O3S/c1-3-27-20(15-6-4-5-14(2)11-15)25-26-21(27)31-13-19(29)24-23-18(28)12-30-17-9-7-16(22)8-10-17/h4-11H,3,12-13H2,1-2H3,(H,23,28)(H,24,29). The maximum atomic E-state index is 12.8. The first kappa shape index (κ1) is 22.3. The fraction of sp³-hybridized carbons (Fsp3) is 0.238. The topological polar surface area (TPSA) is 98.1 Å². The summed E-state index contributed by atoms with van der Waals surface area (Å²) in [5.74, 6) is -0.206. The molecule has 0 saturated heterocycles. The average molecular weight is 444 g/mol. The van der Waals surface area contributed by atoms with Crippen LogP contribution in [0.15, 0.2) is 53.7 Å². The van der Waals surface area contributed by atoms with Gasteiger partial charge in [0.1, 0.15) is 11.6 Å². The van der Waals surface area contributed by atoms with Crippen molar-refractivity contribution < 1.29 is 18.7 Å². The molecule has 0 aliphatic carbocycles. The van der Waals surface area contributed by atoms with Crippen LogP contribution in [-0.2, 0) is 16.1 Å². The molecule has 0 radical (unpaired) electrons. The van der Waals surface area contributed by atoms with Crippen LogP contribution < -0.4 is 15.6 Å². The molecule has 2 N–H and O–H groups in total. The maximum Gasteiger partial charge on any atom is 0.276 e. The Hall–Kier alpha value is -3.40. The zero-order valence-electron chi connectivity index (χ0n) is 17.1. The number of hydrazine groups is 1. The SMILES string of the molecule is CCn1c(SCC(=O)NNC(=O)COc2ccc(F)cc2)nnc1-c1cccc(C)c1. The molecule has 0 aliphatic rings. The van der Waals surface area contributed by atoms with Gasteiger partial charge in [0.2, 0.25) is 5.91 Å². The number of ether oxygens (including phenoxy) is 1. The van der Waals surface area contributed by atoms with Gasteiger partial charge in [0.05, 0.1) is 5.75 Å². The number of amides is 2. The van der Waals surface area contributed by atoms with Crippen LogP contribution in [0.25, 0.3) is 11.4 Å². The molecule has 2 aromatic carbocycles. The van der Waals surface area contributed by atoms with Gasteiger partial charge in [-0.1, -0.05) is 35.5 Å². The lowest BCUT2D eigenvalue weighted by molar-refractivity contribution is -0.128. The highest BCUT2D eigenvalue weighted by atomic mass is 32.2. The van der Waals surface area contributed by atoms with Gasteiger partial charge in [-0.05, 0) is 44.2 Å². The molecule has 10 heteroatoms. The predicted molar refractivity (Wildman–Crippen MR) is 115 cm³/mol. The number of carbonyl (C=O) groups is 2. The first-order valence-corrected chi connectivity index (χ1v) is 10.5. The Morgan fingerprint density at radius 3 is 2.55 bits per heavy atom. The Bertz CT molecular complexity index is 1060. The summed E-state index contributed by atoms with van der Waals surface area (Å²) in [5, 5.41) is 9.06. The van der Waals surface area contributed by atoms with E-state index in [9.17, 15) is 14.0 Å². The monoisotopic (exact) mass is 443 g/mol. The fourth-order valence-corrected chi connectivity index (χ4v) is 3.50. The summed E-state index contributed by atoms with van der Waals surface area (Å²) in [5.41, 5.74) is 6.68. The van der Waals surface area contributed by atoms with Crippen molar-refractivity contribution in [3.8, 4) is 17.1 Å². The number of carbonyl (C=O) groups excluding carboxylic acids is 2. The van der Waals surface area contributed by atoms with Gasteiger partial charge in [0.15, 0.2) is 17.6 Å². The van der Waals surface area contributed by atoms with Gasteiger partial charge in [0, 0.05) is 12.1 Å². The number of halogens is 1. The van der Waals surface area contributed by atoms with Crippen molar-refractivity contribution in [2.75, 3.05) is 12.4 Å². The number of benzene rings is 2. The highest BCUT2D eigenvalue weighted by molar-refractivity contribution is 7.99. The lowest BCUT2D eigenvalue weighted by atomic mass is 10.1. The minimum absolute atomic E-state index is 0.0467.